The molecule has 2 aromatic heterocycles. The van der Waals surface area contributed by atoms with E-state index in [4.69, 9.17) is 16.3 Å². The summed E-state index contributed by atoms with van der Waals surface area (Å²) in [6, 6.07) is 4.56. The van der Waals surface area contributed by atoms with Gasteiger partial charge in [0.2, 0.25) is 0 Å². The largest absolute Gasteiger partial charge is 0.470 e. The van der Waals surface area contributed by atoms with Gasteiger partial charge in [-0.3, -0.25) is 0 Å². The molecule has 25 heavy (non-hydrogen) atoms. The molecule has 0 radical (unpaired) electrons. The number of ether oxygens (including phenoxy) is 1. The first-order valence-corrected chi connectivity index (χ1v) is 8.40. The Balaban J connectivity index is 2.03. The molecule has 6 heteroatoms. The monoisotopic (exact) mass is 359 g/mol. The van der Waals surface area contributed by atoms with Crippen LogP contribution in [0.2, 0.25) is 5.02 Å². The van der Waals surface area contributed by atoms with Crippen molar-refractivity contribution in [2.75, 3.05) is 0 Å². The Morgan fingerprint density at radius 2 is 2.12 bits per heavy atom. The topological polar surface area (TPSA) is 39.9 Å². The first-order valence-electron chi connectivity index (χ1n) is 8.02. The van der Waals surface area contributed by atoms with Crippen LogP contribution in [0.1, 0.15) is 23.7 Å². The highest BCUT2D eigenvalue weighted by Crippen LogP contribution is 2.31. The minimum atomic E-state index is -0.399. The van der Waals surface area contributed by atoms with Crippen LogP contribution in [0.5, 0.6) is 5.88 Å². The van der Waals surface area contributed by atoms with Gasteiger partial charge in [-0.05, 0) is 38.5 Å². The first-order chi connectivity index (χ1) is 12.0. The fraction of sp³-hybridized carbons (Fsp3) is 0.263. The highest BCUT2D eigenvalue weighted by Gasteiger charge is 2.17. The predicted molar refractivity (Wildman–Crippen MR) is 97.6 cm³/mol. The smallest absolute Gasteiger partial charge is 0.258 e. The van der Waals surface area contributed by atoms with Crippen molar-refractivity contribution in [3.05, 3.63) is 64.2 Å². The number of aromatic nitrogens is 3. The molecule has 0 amide bonds. The fourth-order valence-electron chi connectivity index (χ4n) is 2.81. The number of allylic oxidation sites excluding steroid dienone is 2. The third-order valence-electron chi connectivity index (χ3n) is 4.35. The molecule has 2 heterocycles. The molecule has 0 aliphatic heterocycles. The van der Waals surface area contributed by atoms with Crippen molar-refractivity contribution in [3.63, 3.8) is 0 Å². The molecule has 0 spiro atoms. The van der Waals surface area contributed by atoms with E-state index in [0.717, 1.165) is 22.2 Å². The molecular formula is C19H19ClFN3O. The molecule has 4 nitrogen and oxygen atoms in total. The second kappa shape index (κ2) is 7.23. The van der Waals surface area contributed by atoms with Crippen LogP contribution >= 0.6 is 11.6 Å². The van der Waals surface area contributed by atoms with E-state index in [2.05, 4.69) is 27.8 Å². The van der Waals surface area contributed by atoms with Crippen molar-refractivity contribution < 1.29 is 9.13 Å². The van der Waals surface area contributed by atoms with Gasteiger partial charge in [0.1, 0.15) is 17.9 Å². The number of hydrogen-bond acceptors (Lipinski definition) is 3. The van der Waals surface area contributed by atoms with Crippen molar-refractivity contribution >= 4 is 22.5 Å². The van der Waals surface area contributed by atoms with E-state index < -0.39 is 5.82 Å². The molecule has 0 aliphatic rings. The summed E-state index contributed by atoms with van der Waals surface area (Å²) in [5.74, 6) is -0.0261. The van der Waals surface area contributed by atoms with Gasteiger partial charge in [0.15, 0.2) is 0 Å². The molecule has 3 rings (SSSR count). The summed E-state index contributed by atoms with van der Waals surface area (Å²) >= 11 is 6.07. The third-order valence-corrected chi connectivity index (χ3v) is 4.71. The Morgan fingerprint density at radius 1 is 1.32 bits per heavy atom. The zero-order valence-electron chi connectivity index (χ0n) is 14.4. The zero-order chi connectivity index (χ0) is 18.0. The van der Waals surface area contributed by atoms with Gasteiger partial charge >= 0.3 is 0 Å². The van der Waals surface area contributed by atoms with E-state index in [9.17, 15) is 4.39 Å². The molecule has 0 bridgehead atoms. The number of halogens is 2. The quantitative estimate of drug-likeness (QED) is 0.602. The molecule has 0 saturated heterocycles. The molecule has 0 aliphatic carbocycles. The van der Waals surface area contributed by atoms with Crippen LogP contribution < -0.4 is 4.74 Å². The van der Waals surface area contributed by atoms with E-state index >= 15 is 0 Å². The van der Waals surface area contributed by atoms with Gasteiger partial charge in [0, 0.05) is 23.2 Å². The molecule has 0 fully saturated rings. The van der Waals surface area contributed by atoms with Gasteiger partial charge in [-0.1, -0.05) is 29.8 Å². The Kier molecular flexibility index (Phi) is 5.04. The lowest BCUT2D eigenvalue weighted by atomic mass is 10.2. The zero-order valence-corrected chi connectivity index (χ0v) is 15.1. The number of nitrogens with zero attached hydrogens (tertiary/aromatic N) is 3. The number of rotatable bonds is 5. The van der Waals surface area contributed by atoms with Crippen molar-refractivity contribution in [1.29, 1.82) is 0 Å². The van der Waals surface area contributed by atoms with E-state index in [-0.39, 0.29) is 6.61 Å². The van der Waals surface area contributed by atoms with Crippen LogP contribution in [0.3, 0.4) is 0 Å². The maximum absolute atomic E-state index is 14.0. The normalized spacial score (nSPS) is 11.6. The lowest BCUT2D eigenvalue weighted by Crippen LogP contribution is -2.05. The molecule has 0 atom stereocenters. The second-order valence-electron chi connectivity index (χ2n) is 5.79. The highest BCUT2D eigenvalue weighted by molar-refractivity contribution is 6.31. The van der Waals surface area contributed by atoms with Crippen LogP contribution in [-0.2, 0) is 13.2 Å². The molecular weight excluding hydrogens is 341 g/mol. The number of aryl methyl sites for hydroxylation is 1. The van der Waals surface area contributed by atoms with Gasteiger partial charge in [-0.25, -0.2) is 4.39 Å². The molecule has 0 saturated carbocycles. The minimum absolute atomic E-state index is 0.00775. The summed E-state index contributed by atoms with van der Waals surface area (Å²) < 4.78 is 21.9. The second-order valence-corrected chi connectivity index (χ2v) is 6.20. The molecule has 0 unspecified atom stereocenters. The van der Waals surface area contributed by atoms with E-state index in [1.165, 1.54) is 6.07 Å². The van der Waals surface area contributed by atoms with Crippen molar-refractivity contribution in [2.45, 2.75) is 33.9 Å². The maximum atomic E-state index is 14.0. The molecule has 1 aromatic carbocycles. The summed E-state index contributed by atoms with van der Waals surface area (Å²) in [7, 11) is 0. The minimum Gasteiger partial charge on any atom is -0.470 e. The molecule has 0 N–H and O–H groups in total. The average Bonchev–Trinajstić information content (AvgIpc) is 2.84. The fourth-order valence-corrected chi connectivity index (χ4v) is 3.03. The van der Waals surface area contributed by atoms with Crippen molar-refractivity contribution in [3.8, 4) is 5.88 Å². The van der Waals surface area contributed by atoms with Gasteiger partial charge in [-0.2, -0.15) is 5.10 Å². The number of benzene rings is 1. The van der Waals surface area contributed by atoms with Gasteiger partial charge in [0.25, 0.3) is 5.88 Å². The van der Waals surface area contributed by atoms with Gasteiger partial charge in [0.05, 0.1) is 11.2 Å². The standard InChI is InChI=1S/C19H19ClFN3O/c1-4-5-9-24-13(3)12(2)14-10-22-23-19(18(14)24)25-11-15-16(20)7-6-8-17(15)21/h4-8,10H,9,11H2,1-3H3. The van der Waals surface area contributed by atoms with Crippen molar-refractivity contribution in [2.24, 2.45) is 0 Å². The molecule has 130 valence electrons. The highest BCUT2D eigenvalue weighted by atomic mass is 35.5. The lowest BCUT2D eigenvalue weighted by Gasteiger charge is -2.11. The maximum Gasteiger partial charge on any atom is 0.258 e. The lowest BCUT2D eigenvalue weighted by molar-refractivity contribution is 0.287. The summed E-state index contributed by atoms with van der Waals surface area (Å²) in [5, 5.41) is 9.46. The van der Waals surface area contributed by atoms with Crippen molar-refractivity contribution in [1.82, 2.24) is 14.8 Å². The van der Waals surface area contributed by atoms with Gasteiger partial charge < -0.3 is 9.30 Å². The Bertz CT molecular complexity index is 929. The summed E-state index contributed by atoms with van der Waals surface area (Å²) in [4.78, 5) is 0. The van der Waals surface area contributed by atoms with Crippen LogP contribution in [-0.4, -0.2) is 14.8 Å². The average molecular weight is 360 g/mol. The van der Waals surface area contributed by atoms with Gasteiger partial charge in [-0.15, -0.1) is 5.10 Å². The Morgan fingerprint density at radius 3 is 2.84 bits per heavy atom. The van der Waals surface area contributed by atoms with E-state index in [1.54, 1.807) is 18.3 Å². The Hall–Kier alpha value is -2.40. The van der Waals surface area contributed by atoms with E-state index in [1.807, 2.05) is 19.9 Å². The number of fused-ring (bicyclic) bond motifs is 1. The molecule has 3 aromatic rings. The van der Waals surface area contributed by atoms with Crippen LogP contribution in [0.4, 0.5) is 4.39 Å². The van der Waals surface area contributed by atoms with Crippen LogP contribution in [0, 0.1) is 19.7 Å². The summed E-state index contributed by atoms with van der Waals surface area (Å²) in [5.41, 5.74) is 3.42. The SMILES string of the molecule is CC=CCn1c(C)c(C)c2cnnc(OCc3c(F)cccc3Cl)c21. The third kappa shape index (κ3) is 3.24. The first kappa shape index (κ1) is 17.4. The van der Waals surface area contributed by atoms with Crippen LogP contribution in [0.25, 0.3) is 10.9 Å². The number of hydrogen-bond donors (Lipinski definition) is 0. The summed E-state index contributed by atoms with van der Waals surface area (Å²) in [6.45, 7) is 6.77. The predicted octanol–water partition coefficient (Wildman–Crippen LogP) is 5.00. The van der Waals surface area contributed by atoms with E-state index in [0.29, 0.717) is 23.0 Å². The summed E-state index contributed by atoms with van der Waals surface area (Å²) in [6.07, 6.45) is 5.78. The Labute approximate surface area is 150 Å². The van der Waals surface area contributed by atoms with Crippen LogP contribution in [0.15, 0.2) is 36.5 Å².